The highest BCUT2D eigenvalue weighted by molar-refractivity contribution is 9.10. The Kier molecular flexibility index (Phi) is 4.48. The minimum absolute atomic E-state index is 0.0296. The molecule has 1 heterocycles. The number of nitrogens with zero attached hydrogens (tertiary/aromatic N) is 1. The second-order valence-corrected chi connectivity index (χ2v) is 6.41. The van der Waals surface area contributed by atoms with Crippen molar-refractivity contribution in [2.45, 2.75) is 19.9 Å². The molecule has 0 saturated heterocycles. The van der Waals surface area contributed by atoms with E-state index in [1.807, 2.05) is 42.2 Å². The van der Waals surface area contributed by atoms with Crippen molar-refractivity contribution in [1.29, 1.82) is 0 Å². The molecule has 0 aromatic heterocycles. The van der Waals surface area contributed by atoms with Gasteiger partial charge < -0.3 is 9.64 Å². The van der Waals surface area contributed by atoms with Gasteiger partial charge in [-0.25, -0.2) is 0 Å². The summed E-state index contributed by atoms with van der Waals surface area (Å²) in [5.41, 5.74) is 3.73. The zero-order valence-electron chi connectivity index (χ0n) is 12.5. The van der Waals surface area contributed by atoms with E-state index in [0.717, 1.165) is 23.0 Å². The average Bonchev–Trinajstić information content (AvgIpc) is 2.53. The van der Waals surface area contributed by atoms with E-state index in [4.69, 9.17) is 4.74 Å². The summed E-state index contributed by atoms with van der Waals surface area (Å²) < 4.78 is 6.54. The number of hydrogen-bond acceptors (Lipinski definition) is 2. The standard InChI is InChI=1S/C18H18BrNO2/c1-13-6-7-17(16(19)10-13)22-12-18(21)20-9-8-14-4-2-3-5-15(14)11-20/h2-7,10H,8-9,11-12H2,1H3. The third-order valence-electron chi connectivity index (χ3n) is 3.92. The molecule has 1 aliphatic heterocycles. The van der Waals surface area contributed by atoms with Crippen LogP contribution in [-0.2, 0) is 17.8 Å². The molecule has 1 amide bonds. The monoisotopic (exact) mass is 359 g/mol. The fourth-order valence-corrected chi connectivity index (χ4v) is 3.27. The lowest BCUT2D eigenvalue weighted by Gasteiger charge is -2.28. The topological polar surface area (TPSA) is 29.5 Å². The van der Waals surface area contributed by atoms with Crippen molar-refractivity contribution >= 4 is 21.8 Å². The Morgan fingerprint density at radius 2 is 2.00 bits per heavy atom. The lowest BCUT2D eigenvalue weighted by Crippen LogP contribution is -2.38. The van der Waals surface area contributed by atoms with Crippen molar-refractivity contribution in [3.63, 3.8) is 0 Å². The maximum atomic E-state index is 12.3. The second-order valence-electron chi connectivity index (χ2n) is 5.56. The zero-order chi connectivity index (χ0) is 15.5. The van der Waals surface area contributed by atoms with Crippen LogP contribution in [0.5, 0.6) is 5.75 Å². The Hall–Kier alpha value is -1.81. The van der Waals surface area contributed by atoms with Crippen LogP contribution in [0.1, 0.15) is 16.7 Å². The number of benzene rings is 2. The minimum atomic E-state index is 0.0296. The van der Waals surface area contributed by atoms with Gasteiger partial charge in [0.2, 0.25) is 0 Å². The van der Waals surface area contributed by atoms with Crippen molar-refractivity contribution in [2.24, 2.45) is 0 Å². The van der Waals surface area contributed by atoms with Crippen LogP contribution in [0, 0.1) is 6.92 Å². The molecular weight excluding hydrogens is 342 g/mol. The molecule has 2 aromatic carbocycles. The van der Waals surface area contributed by atoms with Gasteiger partial charge >= 0.3 is 0 Å². The molecule has 1 aliphatic rings. The number of carbonyl (C=O) groups is 1. The number of ether oxygens (including phenoxy) is 1. The number of rotatable bonds is 3. The van der Waals surface area contributed by atoms with Gasteiger partial charge in [0, 0.05) is 13.1 Å². The molecule has 2 aromatic rings. The Morgan fingerprint density at radius 1 is 1.23 bits per heavy atom. The summed E-state index contributed by atoms with van der Waals surface area (Å²) in [6.45, 7) is 3.52. The lowest BCUT2D eigenvalue weighted by atomic mass is 10.00. The summed E-state index contributed by atoms with van der Waals surface area (Å²) in [4.78, 5) is 14.2. The molecule has 0 spiro atoms. The van der Waals surface area contributed by atoms with Crippen LogP contribution >= 0.6 is 15.9 Å². The first-order valence-corrected chi connectivity index (χ1v) is 8.16. The molecule has 0 saturated carbocycles. The van der Waals surface area contributed by atoms with Gasteiger partial charge in [-0.3, -0.25) is 4.79 Å². The Morgan fingerprint density at radius 3 is 2.77 bits per heavy atom. The molecule has 0 aliphatic carbocycles. The third kappa shape index (κ3) is 3.33. The van der Waals surface area contributed by atoms with E-state index in [1.165, 1.54) is 11.1 Å². The first kappa shape index (κ1) is 15.1. The maximum Gasteiger partial charge on any atom is 0.260 e. The average molecular weight is 360 g/mol. The van der Waals surface area contributed by atoms with E-state index in [9.17, 15) is 4.79 Å². The van der Waals surface area contributed by atoms with E-state index in [0.29, 0.717) is 12.3 Å². The largest absolute Gasteiger partial charge is 0.483 e. The highest BCUT2D eigenvalue weighted by atomic mass is 79.9. The molecule has 3 rings (SSSR count). The highest BCUT2D eigenvalue weighted by Crippen LogP contribution is 2.26. The van der Waals surface area contributed by atoms with Crippen molar-refractivity contribution < 1.29 is 9.53 Å². The molecule has 0 atom stereocenters. The molecule has 22 heavy (non-hydrogen) atoms. The number of carbonyl (C=O) groups excluding carboxylic acids is 1. The van der Waals surface area contributed by atoms with Crippen molar-refractivity contribution in [2.75, 3.05) is 13.2 Å². The Balaban J connectivity index is 1.61. The summed E-state index contributed by atoms with van der Waals surface area (Å²) in [6, 6.07) is 14.1. The molecule has 0 bridgehead atoms. The number of hydrogen-bond donors (Lipinski definition) is 0. The number of fused-ring (bicyclic) bond motifs is 1. The number of halogens is 1. The van der Waals surface area contributed by atoms with Crippen LogP contribution in [-0.4, -0.2) is 24.0 Å². The number of amides is 1. The summed E-state index contributed by atoms with van der Waals surface area (Å²) in [5, 5.41) is 0. The minimum Gasteiger partial charge on any atom is -0.483 e. The normalized spacial score (nSPS) is 13.6. The fraction of sp³-hybridized carbons (Fsp3) is 0.278. The summed E-state index contributed by atoms with van der Waals surface area (Å²) in [5.74, 6) is 0.735. The molecule has 0 radical (unpaired) electrons. The van der Waals surface area contributed by atoms with Crippen LogP contribution in [0.3, 0.4) is 0 Å². The van der Waals surface area contributed by atoms with Crippen LogP contribution in [0.2, 0.25) is 0 Å². The third-order valence-corrected chi connectivity index (χ3v) is 4.54. The van der Waals surface area contributed by atoms with Gasteiger partial charge in [-0.05, 0) is 58.1 Å². The van der Waals surface area contributed by atoms with E-state index < -0.39 is 0 Å². The van der Waals surface area contributed by atoms with Gasteiger partial charge in [0.05, 0.1) is 4.47 Å². The quantitative estimate of drug-likeness (QED) is 0.835. The van der Waals surface area contributed by atoms with Crippen molar-refractivity contribution in [3.8, 4) is 5.75 Å². The summed E-state index contributed by atoms with van der Waals surface area (Å²) in [7, 11) is 0. The van der Waals surface area contributed by atoms with Gasteiger partial charge in [0.15, 0.2) is 6.61 Å². The predicted octanol–water partition coefficient (Wildman–Crippen LogP) is 3.72. The molecule has 114 valence electrons. The second kappa shape index (κ2) is 6.53. The van der Waals surface area contributed by atoms with E-state index in [1.54, 1.807) is 0 Å². The Labute approximate surface area is 139 Å². The van der Waals surface area contributed by atoms with E-state index in [2.05, 4.69) is 28.1 Å². The molecule has 0 N–H and O–H groups in total. The molecule has 0 unspecified atom stereocenters. The Bertz CT molecular complexity index is 699. The van der Waals surface area contributed by atoms with Crippen LogP contribution in [0.15, 0.2) is 46.9 Å². The van der Waals surface area contributed by atoms with Crippen LogP contribution in [0.25, 0.3) is 0 Å². The maximum absolute atomic E-state index is 12.3. The predicted molar refractivity (Wildman–Crippen MR) is 89.9 cm³/mol. The lowest BCUT2D eigenvalue weighted by molar-refractivity contribution is -0.134. The highest BCUT2D eigenvalue weighted by Gasteiger charge is 2.20. The van der Waals surface area contributed by atoms with Crippen LogP contribution in [0.4, 0.5) is 0 Å². The number of aryl methyl sites for hydroxylation is 1. The first-order chi connectivity index (χ1) is 10.6. The van der Waals surface area contributed by atoms with Crippen LogP contribution < -0.4 is 4.74 Å². The fourth-order valence-electron chi connectivity index (χ4n) is 2.66. The van der Waals surface area contributed by atoms with E-state index >= 15 is 0 Å². The molecule has 0 fully saturated rings. The van der Waals surface area contributed by atoms with Gasteiger partial charge in [0.1, 0.15) is 5.75 Å². The van der Waals surface area contributed by atoms with Crippen molar-refractivity contribution in [1.82, 2.24) is 4.90 Å². The van der Waals surface area contributed by atoms with Gasteiger partial charge in [-0.1, -0.05) is 30.3 Å². The molecular formula is C18H18BrNO2. The summed E-state index contributed by atoms with van der Waals surface area (Å²) in [6.07, 6.45) is 0.913. The SMILES string of the molecule is Cc1ccc(OCC(=O)N2CCc3ccccc3C2)c(Br)c1. The zero-order valence-corrected chi connectivity index (χ0v) is 14.1. The van der Waals surface area contributed by atoms with E-state index in [-0.39, 0.29) is 12.5 Å². The smallest absolute Gasteiger partial charge is 0.260 e. The van der Waals surface area contributed by atoms with Crippen molar-refractivity contribution in [3.05, 3.63) is 63.6 Å². The summed E-state index contributed by atoms with van der Waals surface area (Å²) >= 11 is 3.46. The molecule has 3 nitrogen and oxygen atoms in total. The first-order valence-electron chi connectivity index (χ1n) is 7.37. The van der Waals surface area contributed by atoms with Gasteiger partial charge in [-0.2, -0.15) is 0 Å². The molecule has 4 heteroatoms. The van der Waals surface area contributed by atoms with Gasteiger partial charge in [-0.15, -0.1) is 0 Å². The van der Waals surface area contributed by atoms with Gasteiger partial charge in [0.25, 0.3) is 5.91 Å².